The number of aromatic nitrogens is 3. The van der Waals surface area contributed by atoms with Crippen molar-refractivity contribution in [2.75, 3.05) is 37.9 Å². The van der Waals surface area contributed by atoms with Crippen LogP contribution in [-0.2, 0) is 11.3 Å². The molecule has 8 heteroatoms. The van der Waals surface area contributed by atoms with Gasteiger partial charge < -0.3 is 20.7 Å². The van der Waals surface area contributed by atoms with Crippen LogP contribution in [0.5, 0.6) is 0 Å². The zero-order valence-electron chi connectivity index (χ0n) is 16.3. The van der Waals surface area contributed by atoms with Gasteiger partial charge in [0.25, 0.3) is 5.91 Å². The maximum atomic E-state index is 12.5. The third kappa shape index (κ3) is 4.17. The molecule has 0 spiro atoms. The Hall–Kier alpha value is -3.26. The smallest absolute Gasteiger partial charge is 0.273 e. The average Bonchev–Trinajstić information content (AvgIpc) is 2.70. The highest BCUT2D eigenvalue weighted by Gasteiger charge is 2.16. The quantitative estimate of drug-likeness (QED) is 0.645. The topological polar surface area (TPSA) is 106 Å². The van der Waals surface area contributed by atoms with Crippen LogP contribution in [0.4, 0.5) is 11.6 Å². The third-order valence-corrected chi connectivity index (χ3v) is 4.48. The number of para-hydroxylation sites is 1. The first-order valence-electron chi connectivity index (χ1n) is 8.95. The van der Waals surface area contributed by atoms with E-state index in [1.165, 1.54) is 12.4 Å². The van der Waals surface area contributed by atoms with Crippen molar-refractivity contribution in [1.82, 2.24) is 20.3 Å². The number of benzene rings is 1. The first-order chi connectivity index (χ1) is 13.5. The van der Waals surface area contributed by atoms with Crippen LogP contribution in [0.25, 0.3) is 10.9 Å². The molecule has 0 aliphatic carbocycles. The number of aryl methyl sites for hydroxylation is 1. The highest BCUT2D eigenvalue weighted by Crippen LogP contribution is 2.25. The van der Waals surface area contributed by atoms with E-state index < -0.39 is 0 Å². The first kappa shape index (κ1) is 19.5. The fourth-order valence-electron chi connectivity index (χ4n) is 2.96. The largest absolute Gasteiger partial charge is 0.383 e. The number of nitrogens with two attached hydrogens (primary N) is 1. The van der Waals surface area contributed by atoms with Crippen molar-refractivity contribution in [3.63, 3.8) is 0 Å². The Balaban J connectivity index is 1.91. The lowest BCUT2D eigenvalue weighted by Gasteiger charge is -2.22. The van der Waals surface area contributed by atoms with Gasteiger partial charge in [-0.3, -0.25) is 4.79 Å². The molecule has 146 valence electrons. The van der Waals surface area contributed by atoms with Gasteiger partial charge in [0, 0.05) is 50.6 Å². The number of hydrogen-bond donors (Lipinski definition) is 2. The Labute approximate surface area is 163 Å². The van der Waals surface area contributed by atoms with Crippen molar-refractivity contribution in [1.29, 1.82) is 0 Å². The predicted molar refractivity (Wildman–Crippen MR) is 109 cm³/mol. The number of hydrogen-bond acceptors (Lipinski definition) is 7. The normalized spacial score (nSPS) is 10.8. The van der Waals surface area contributed by atoms with Gasteiger partial charge in [0.1, 0.15) is 5.82 Å². The molecule has 1 aromatic carbocycles. The number of rotatable bonds is 7. The summed E-state index contributed by atoms with van der Waals surface area (Å²) in [5, 5.41) is 3.89. The molecule has 0 aliphatic heterocycles. The van der Waals surface area contributed by atoms with Crippen LogP contribution >= 0.6 is 0 Å². The molecule has 3 N–H and O–H groups in total. The number of fused-ring (bicyclic) bond motifs is 1. The van der Waals surface area contributed by atoms with Crippen molar-refractivity contribution >= 4 is 28.4 Å². The number of carbonyl (C=O) groups is 1. The molecule has 2 heterocycles. The molecule has 3 rings (SSSR count). The van der Waals surface area contributed by atoms with E-state index in [2.05, 4.69) is 15.3 Å². The number of anilines is 2. The molecule has 3 aromatic rings. The van der Waals surface area contributed by atoms with Gasteiger partial charge in [-0.05, 0) is 18.6 Å². The lowest BCUT2D eigenvalue weighted by atomic mass is 10.1. The summed E-state index contributed by atoms with van der Waals surface area (Å²) in [6, 6.07) is 8.09. The Kier molecular flexibility index (Phi) is 6.00. The van der Waals surface area contributed by atoms with E-state index in [1.807, 2.05) is 43.1 Å². The summed E-state index contributed by atoms with van der Waals surface area (Å²) in [5.41, 5.74) is 8.79. The second kappa shape index (κ2) is 8.62. The van der Waals surface area contributed by atoms with E-state index >= 15 is 0 Å². The minimum absolute atomic E-state index is 0.102. The first-order valence-corrected chi connectivity index (χ1v) is 8.95. The maximum absolute atomic E-state index is 12.5. The minimum atomic E-state index is -0.375. The highest BCUT2D eigenvalue weighted by atomic mass is 16.5. The monoisotopic (exact) mass is 380 g/mol. The van der Waals surface area contributed by atoms with Gasteiger partial charge in [-0.25, -0.2) is 15.0 Å². The average molecular weight is 380 g/mol. The number of methoxy groups -OCH3 is 1. The summed E-state index contributed by atoms with van der Waals surface area (Å²) in [6.45, 7) is 3.58. The molecule has 2 aromatic heterocycles. The summed E-state index contributed by atoms with van der Waals surface area (Å²) in [4.78, 5) is 27.3. The number of amides is 1. The zero-order chi connectivity index (χ0) is 20.1. The van der Waals surface area contributed by atoms with Gasteiger partial charge in [0.2, 0.25) is 0 Å². The van der Waals surface area contributed by atoms with Gasteiger partial charge in [-0.2, -0.15) is 0 Å². The van der Waals surface area contributed by atoms with E-state index in [-0.39, 0.29) is 17.4 Å². The number of nitrogens with zero attached hydrogens (tertiary/aromatic N) is 4. The Morgan fingerprint density at radius 2 is 2.07 bits per heavy atom. The van der Waals surface area contributed by atoms with Crippen LogP contribution in [0.2, 0.25) is 0 Å². The maximum Gasteiger partial charge on any atom is 0.273 e. The second-order valence-corrected chi connectivity index (χ2v) is 6.50. The van der Waals surface area contributed by atoms with Crippen LogP contribution in [0.15, 0.2) is 36.7 Å². The summed E-state index contributed by atoms with van der Waals surface area (Å²) in [7, 11) is 3.62. The van der Waals surface area contributed by atoms with Crippen LogP contribution in [-0.4, -0.2) is 48.2 Å². The molecular formula is C20H24N6O2. The Bertz CT molecular complexity index is 992. The number of nitrogens with one attached hydrogen (secondary N) is 1. The van der Waals surface area contributed by atoms with Gasteiger partial charge in [0.15, 0.2) is 11.5 Å². The molecule has 0 atom stereocenters. The lowest BCUT2D eigenvalue weighted by Crippen LogP contribution is -2.28. The number of pyridine rings is 1. The zero-order valence-corrected chi connectivity index (χ0v) is 16.3. The molecule has 0 aliphatic rings. The third-order valence-electron chi connectivity index (χ3n) is 4.48. The molecule has 28 heavy (non-hydrogen) atoms. The summed E-state index contributed by atoms with van der Waals surface area (Å²) in [5.74, 6) is 0.524. The SMILES string of the molecule is COCCN(C)c1nc2c(C)cccc2cc1CNC(=O)c1nccnc1N. The van der Waals surface area contributed by atoms with Crippen LogP contribution in [0, 0.1) is 6.92 Å². The van der Waals surface area contributed by atoms with Crippen molar-refractivity contribution in [2.24, 2.45) is 0 Å². The molecule has 1 amide bonds. The molecule has 0 radical (unpaired) electrons. The van der Waals surface area contributed by atoms with Crippen LogP contribution in [0.1, 0.15) is 21.6 Å². The van der Waals surface area contributed by atoms with Crippen LogP contribution < -0.4 is 16.0 Å². The van der Waals surface area contributed by atoms with Crippen molar-refractivity contribution in [3.05, 3.63) is 53.5 Å². The van der Waals surface area contributed by atoms with E-state index in [1.54, 1.807) is 7.11 Å². The van der Waals surface area contributed by atoms with Gasteiger partial charge in [0.05, 0.1) is 12.1 Å². The molecule has 0 fully saturated rings. The van der Waals surface area contributed by atoms with Crippen LogP contribution in [0.3, 0.4) is 0 Å². The molecule has 0 unspecified atom stereocenters. The molecule has 0 bridgehead atoms. The molecule has 0 saturated heterocycles. The van der Waals surface area contributed by atoms with Gasteiger partial charge in [-0.1, -0.05) is 18.2 Å². The number of likely N-dealkylation sites (N-methyl/N-ethyl adjacent to an activating group) is 1. The number of ether oxygens (including phenoxy) is 1. The lowest BCUT2D eigenvalue weighted by molar-refractivity contribution is 0.0946. The van der Waals surface area contributed by atoms with E-state index in [4.69, 9.17) is 15.5 Å². The number of carbonyl (C=O) groups excluding carboxylic acids is 1. The fraction of sp³-hybridized carbons (Fsp3) is 0.300. The Morgan fingerprint density at radius 1 is 1.29 bits per heavy atom. The van der Waals surface area contributed by atoms with Crippen molar-refractivity contribution < 1.29 is 9.53 Å². The van der Waals surface area contributed by atoms with Gasteiger partial charge in [-0.15, -0.1) is 0 Å². The summed E-state index contributed by atoms with van der Waals surface area (Å²) in [6.07, 6.45) is 2.89. The van der Waals surface area contributed by atoms with E-state index in [0.29, 0.717) is 19.7 Å². The fourth-order valence-corrected chi connectivity index (χ4v) is 2.96. The highest BCUT2D eigenvalue weighted by molar-refractivity contribution is 5.96. The minimum Gasteiger partial charge on any atom is -0.383 e. The predicted octanol–water partition coefficient (Wildman–Crippen LogP) is 1.93. The molecular weight excluding hydrogens is 356 g/mol. The van der Waals surface area contributed by atoms with E-state index in [9.17, 15) is 4.79 Å². The molecule has 0 saturated carbocycles. The standard InChI is InChI=1S/C20H24N6O2/c1-13-5-4-6-14-11-15(19(25-16(13)14)26(2)9-10-28-3)12-24-20(27)17-18(21)23-8-7-22-17/h4-8,11H,9-10,12H2,1-3H3,(H2,21,23)(H,24,27). The summed E-state index contributed by atoms with van der Waals surface area (Å²) >= 11 is 0. The molecule has 8 nitrogen and oxygen atoms in total. The number of nitrogen functional groups attached to an aromatic ring is 1. The van der Waals surface area contributed by atoms with Crippen molar-refractivity contribution in [3.8, 4) is 0 Å². The second-order valence-electron chi connectivity index (χ2n) is 6.50. The van der Waals surface area contributed by atoms with E-state index in [0.717, 1.165) is 27.8 Å². The Morgan fingerprint density at radius 3 is 2.82 bits per heavy atom. The van der Waals surface area contributed by atoms with Crippen molar-refractivity contribution in [2.45, 2.75) is 13.5 Å². The van der Waals surface area contributed by atoms with Gasteiger partial charge >= 0.3 is 0 Å². The summed E-state index contributed by atoms with van der Waals surface area (Å²) < 4.78 is 5.19.